The van der Waals surface area contributed by atoms with E-state index in [2.05, 4.69) is 0 Å². The highest BCUT2D eigenvalue weighted by Crippen LogP contribution is 2.20. The number of benzene rings is 1. The summed E-state index contributed by atoms with van der Waals surface area (Å²) >= 11 is 1.00. The van der Waals surface area contributed by atoms with Crippen LogP contribution in [0.1, 0.15) is 24.2 Å². The summed E-state index contributed by atoms with van der Waals surface area (Å²) in [4.78, 5) is 10.8. The van der Waals surface area contributed by atoms with Crippen molar-refractivity contribution in [3.63, 3.8) is 0 Å². The topological polar surface area (TPSA) is 66.8 Å². The van der Waals surface area contributed by atoms with E-state index in [9.17, 15) is 15.0 Å². The van der Waals surface area contributed by atoms with E-state index >= 15 is 0 Å². The first-order valence-electron chi connectivity index (χ1n) is 5.62. The van der Waals surface area contributed by atoms with Gasteiger partial charge in [0, 0.05) is 19.8 Å². The molecule has 0 heterocycles. The van der Waals surface area contributed by atoms with Crippen molar-refractivity contribution in [2.75, 3.05) is 12.9 Å². The lowest BCUT2D eigenvalue weighted by molar-refractivity contribution is -0.109. The quantitative estimate of drug-likeness (QED) is 0.820. The lowest BCUT2D eigenvalue weighted by Gasteiger charge is -2.17. The zero-order chi connectivity index (χ0) is 13.5. The van der Waals surface area contributed by atoms with Crippen LogP contribution in [0.3, 0.4) is 0 Å². The SMILES string of the molecule is COCc1ccc(C(O)C(O)CSC(C)=O)cc1. The molecule has 100 valence electrons. The number of rotatable bonds is 6. The molecule has 2 unspecified atom stereocenters. The molecule has 0 aromatic heterocycles. The van der Waals surface area contributed by atoms with Gasteiger partial charge in [-0.25, -0.2) is 0 Å². The number of ether oxygens (including phenoxy) is 1. The number of aliphatic hydroxyl groups is 2. The minimum absolute atomic E-state index is 0.0725. The maximum atomic E-state index is 10.8. The minimum atomic E-state index is -0.978. The third-order valence-corrected chi connectivity index (χ3v) is 3.37. The van der Waals surface area contributed by atoms with E-state index in [1.165, 1.54) is 6.92 Å². The summed E-state index contributed by atoms with van der Waals surface area (Å²) in [6.45, 7) is 1.95. The van der Waals surface area contributed by atoms with Crippen molar-refractivity contribution < 1.29 is 19.7 Å². The molecule has 0 fully saturated rings. The van der Waals surface area contributed by atoms with Crippen molar-refractivity contribution >= 4 is 16.9 Å². The molecule has 0 saturated carbocycles. The molecular weight excluding hydrogens is 252 g/mol. The van der Waals surface area contributed by atoms with Crippen LogP contribution in [0.25, 0.3) is 0 Å². The molecule has 0 spiro atoms. The Morgan fingerprint density at radius 2 is 1.94 bits per heavy atom. The Hall–Kier alpha value is -0.880. The van der Waals surface area contributed by atoms with Crippen LogP contribution in [-0.2, 0) is 16.1 Å². The normalized spacial score (nSPS) is 14.2. The molecule has 1 rings (SSSR count). The largest absolute Gasteiger partial charge is 0.389 e. The predicted molar refractivity (Wildman–Crippen MR) is 71.3 cm³/mol. The molecule has 18 heavy (non-hydrogen) atoms. The number of carbonyl (C=O) groups excluding carboxylic acids is 1. The number of thioether (sulfide) groups is 1. The molecule has 2 N–H and O–H groups in total. The minimum Gasteiger partial charge on any atom is -0.389 e. The first-order chi connectivity index (χ1) is 8.54. The van der Waals surface area contributed by atoms with Crippen molar-refractivity contribution in [3.8, 4) is 0 Å². The summed E-state index contributed by atoms with van der Waals surface area (Å²) in [6.07, 6.45) is -1.93. The van der Waals surface area contributed by atoms with Crippen LogP contribution >= 0.6 is 11.8 Å². The Kier molecular flexibility index (Phi) is 6.35. The van der Waals surface area contributed by atoms with Crippen molar-refractivity contribution in [1.29, 1.82) is 0 Å². The van der Waals surface area contributed by atoms with Crippen LogP contribution in [0, 0.1) is 0 Å². The van der Waals surface area contributed by atoms with Crippen LogP contribution in [0.4, 0.5) is 0 Å². The average Bonchev–Trinajstić information content (AvgIpc) is 2.36. The van der Waals surface area contributed by atoms with Crippen molar-refractivity contribution in [2.24, 2.45) is 0 Å². The standard InChI is InChI=1S/C13H18O4S/c1-9(14)18-8-12(15)13(16)11-5-3-10(4-6-11)7-17-2/h3-6,12-13,15-16H,7-8H2,1-2H3. The summed E-state index contributed by atoms with van der Waals surface area (Å²) < 4.78 is 4.99. The molecule has 2 atom stereocenters. The summed E-state index contributed by atoms with van der Waals surface area (Å²) in [5.74, 6) is 0.191. The van der Waals surface area contributed by atoms with Crippen molar-refractivity contribution in [2.45, 2.75) is 25.7 Å². The maximum Gasteiger partial charge on any atom is 0.185 e. The van der Waals surface area contributed by atoms with Gasteiger partial charge in [0.25, 0.3) is 0 Å². The summed E-state index contributed by atoms with van der Waals surface area (Å²) in [5.41, 5.74) is 1.63. The fourth-order valence-corrected chi connectivity index (χ4v) is 2.08. The van der Waals surface area contributed by atoms with E-state index in [0.717, 1.165) is 17.3 Å². The van der Waals surface area contributed by atoms with Gasteiger partial charge >= 0.3 is 0 Å². The van der Waals surface area contributed by atoms with Gasteiger partial charge in [-0.05, 0) is 11.1 Å². The van der Waals surface area contributed by atoms with Gasteiger partial charge in [-0.2, -0.15) is 0 Å². The second kappa shape index (κ2) is 7.53. The Balaban J connectivity index is 2.59. The molecule has 0 aliphatic heterocycles. The second-order valence-electron chi connectivity index (χ2n) is 3.99. The van der Waals surface area contributed by atoms with E-state index < -0.39 is 12.2 Å². The van der Waals surface area contributed by atoms with Gasteiger partial charge in [0.2, 0.25) is 0 Å². The van der Waals surface area contributed by atoms with Gasteiger partial charge in [0.05, 0.1) is 12.7 Å². The van der Waals surface area contributed by atoms with Gasteiger partial charge in [0.15, 0.2) is 5.12 Å². The average molecular weight is 270 g/mol. The van der Waals surface area contributed by atoms with Gasteiger partial charge in [-0.15, -0.1) is 0 Å². The first-order valence-corrected chi connectivity index (χ1v) is 6.60. The number of hydrogen-bond acceptors (Lipinski definition) is 5. The van der Waals surface area contributed by atoms with Crippen molar-refractivity contribution in [1.82, 2.24) is 0 Å². The first kappa shape index (κ1) is 15.2. The summed E-state index contributed by atoms with van der Waals surface area (Å²) in [5, 5.41) is 19.6. The molecule has 0 aliphatic carbocycles. The van der Waals surface area contributed by atoms with Gasteiger partial charge in [-0.3, -0.25) is 4.79 Å². The molecule has 0 bridgehead atoms. The Bertz CT molecular complexity index is 377. The number of methoxy groups -OCH3 is 1. The predicted octanol–water partition coefficient (Wildman–Crippen LogP) is 1.51. The van der Waals surface area contributed by atoms with Crippen LogP contribution in [0.5, 0.6) is 0 Å². The molecule has 4 nitrogen and oxygen atoms in total. The van der Waals surface area contributed by atoms with Gasteiger partial charge in [-0.1, -0.05) is 36.0 Å². The number of carbonyl (C=O) groups is 1. The van der Waals surface area contributed by atoms with E-state index in [-0.39, 0.29) is 10.9 Å². The van der Waals surface area contributed by atoms with E-state index in [0.29, 0.717) is 12.2 Å². The van der Waals surface area contributed by atoms with Crippen LogP contribution in [0.15, 0.2) is 24.3 Å². The fraction of sp³-hybridized carbons (Fsp3) is 0.462. The van der Waals surface area contributed by atoms with Crippen LogP contribution in [-0.4, -0.2) is 34.3 Å². The molecule has 0 aliphatic rings. The molecule has 5 heteroatoms. The molecule has 0 radical (unpaired) electrons. The Labute approximate surface area is 111 Å². The number of hydrogen-bond donors (Lipinski definition) is 2. The van der Waals surface area contributed by atoms with E-state index in [4.69, 9.17) is 4.74 Å². The monoisotopic (exact) mass is 270 g/mol. The fourth-order valence-electron chi connectivity index (χ4n) is 1.49. The van der Waals surface area contributed by atoms with Crippen molar-refractivity contribution in [3.05, 3.63) is 35.4 Å². The lowest BCUT2D eigenvalue weighted by atomic mass is 10.0. The third-order valence-electron chi connectivity index (χ3n) is 2.45. The van der Waals surface area contributed by atoms with Crippen LogP contribution < -0.4 is 0 Å². The maximum absolute atomic E-state index is 10.8. The summed E-state index contributed by atoms with van der Waals surface area (Å²) in [7, 11) is 1.62. The zero-order valence-corrected chi connectivity index (χ0v) is 11.3. The Morgan fingerprint density at radius 1 is 1.33 bits per heavy atom. The molecule has 1 aromatic carbocycles. The molecule has 0 saturated heterocycles. The zero-order valence-electron chi connectivity index (χ0n) is 10.5. The molecule has 1 aromatic rings. The van der Waals surface area contributed by atoms with Gasteiger partial charge < -0.3 is 14.9 Å². The summed E-state index contributed by atoms with van der Waals surface area (Å²) in [6, 6.07) is 7.18. The highest BCUT2D eigenvalue weighted by atomic mass is 32.2. The van der Waals surface area contributed by atoms with Crippen LogP contribution in [0.2, 0.25) is 0 Å². The third kappa shape index (κ3) is 4.78. The Morgan fingerprint density at radius 3 is 2.44 bits per heavy atom. The highest BCUT2D eigenvalue weighted by Gasteiger charge is 2.18. The number of aliphatic hydroxyl groups excluding tert-OH is 2. The highest BCUT2D eigenvalue weighted by molar-refractivity contribution is 8.13. The molecular formula is C13H18O4S. The second-order valence-corrected chi connectivity index (χ2v) is 5.19. The van der Waals surface area contributed by atoms with E-state index in [1.807, 2.05) is 12.1 Å². The van der Waals surface area contributed by atoms with E-state index in [1.54, 1.807) is 19.2 Å². The van der Waals surface area contributed by atoms with Gasteiger partial charge in [0.1, 0.15) is 6.10 Å². The molecule has 0 amide bonds. The smallest absolute Gasteiger partial charge is 0.185 e. The lowest BCUT2D eigenvalue weighted by Crippen LogP contribution is -2.21.